The van der Waals surface area contributed by atoms with Crippen molar-refractivity contribution in [2.45, 2.75) is 12.1 Å². The van der Waals surface area contributed by atoms with Crippen molar-refractivity contribution in [2.24, 2.45) is 0 Å². The molecule has 8 nitrogen and oxygen atoms in total. The molecule has 33 heavy (non-hydrogen) atoms. The van der Waals surface area contributed by atoms with Crippen LogP contribution >= 0.6 is 23.4 Å². The van der Waals surface area contributed by atoms with Gasteiger partial charge in [0.05, 0.1) is 27.3 Å². The molecule has 4 rings (SSSR count). The lowest BCUT2D eigenvalue weighted by Gasteiger charge is -2.15. The number of anilines is 1. The normalized spacial score (nSPS) is 10.8. The molecule has 10 heteroatoms. The third-order valence-corrected chi connectivity index (χ3v) is 6.28. The van der Waals surface area contributed by atoms with Gasteiger partial charge in [0.2, 0.25) is 5.91 Å². The molecule has 0 fully saturated rings. The number of hydrogen-bond donors (Lipinski definition) is 1. The highest BCUT2D eigenvalue weighted by atomic mass is 35.5. The van der Waals surface area contributed by atoms with E-state index in [2.05, 4.69) is 10.3 Å². The number of nitro benzene ring substituents is 1. The molecule has 0 saturated heterocycles. The minimum atomic E-state index is -0.562. The molecule has 0 aliphatic rings. The van der Waals surface area contributed by atoms with Crippen molar-refractivity contribution < 1.29 is 9.72 Å². The maximum Gasteiger partial charge on any atom is 0.292 e. The number of carbonyl (C=O) groups excluding carboxylic acids is 1. The van der Waals surface area contributed by atoms with Crippen molar-refractivity contribution in [3.63, 3.8) is 0 Å². The Kier molecular flexibility index (Phi) is 6.43. The van der Waals surface area contributed by atoms with Gasteiger partial charge in [-0.1, -0.05) is 53.7 Å². The number of benzene rings is 3. The van der Waals surface area contributed by atoms with Gasteiger partial charge in [0.1, 0.15) is 5.69 Å². The van der Waals surface area contributed by atoms with Crippen molar-refractivity contribution in [3.8, 4) is 5.69 Å². The minimum Gasteiger partial charge on any atom is -0.320 e. The van der Waals surface area contributed by atoms with Gasteiger partial charge in [-0.2, -0.15) is 0 Å². The largest absolute Gasteiger partial charge is 0.320 e. The van der Waals surface area contributed by atoms with Crippen LogP contribution in [0, 0.1) is 17.0 Å². The molecule has 166 valence electrons. The average molecular weight is 481 g/mol. The first kappa shape index (κ1) is 22.5. The first-order chi connectivity index (χ1) is 15.9. The zero-order chi connectivity index (χ0) is 23.5. The quantitative estimate of drug-likeness (QED) is 0.180. The van der Waals surface area contributed by atoms with Crippen LogP contribution in [0.25, 0.3) is 16.6 Å². The van der Waals surface area contributed by atoms with E-state index in [1.165, 1.54) is 22.8 Å². The van der Waals surface area contributed by atoms with Crippen LogP contribution in [-0.2, 0) is 4.79 Å². The van der Waals surface area contributed by atoms with Crippen LogP contribution in [0.15, 0.2) is 76.7 Å². The van der Waals surface area contributed by atoms with E-state index in [9.17, 15) is 19.7 Å². The molecule has 1 N–H and O–H groups in total. The lowest BCUT2D eigenvalue weighted by Crippen LogP contribution is -2.23. The highest BCUT2D eigenvalue weighted by molar-refractivity contribution is 7.99. The molecular weight excluding hydrogens is 464 g/mol. The summed E-state index contributed by atoms with van der Waals surface area (Å²) in [5, 5.41) is 15.0. The van der Waals surface area contributed by atoms with Gasteiger partial charge < -0.3 is 5.32 Å². The van der Waals surface area contributed by atoms with Crippen molar-refractivity contribution in [1.29, 1.82) is 0 Å². The first-order valence-electron chi connectivity index (χ1n) is 9.80. The van der Waals surface area contributed by atoms with E-state index in [0.29, 0.717) is 32.3 Å². The average Bonchev–Trinajstić information content (AvgIpc) is 2.80. The molecule has 4 aromatic rings. The molecule has 0 spiro atoms. The number of nitrogens with one attached hydrogen (secondary N) is 1. The number of fused-ring (bicyclic) bond motifs is 1. The Morgan fingerprint density at radius 3 is 2.64 bits per heavy atom. The van der Waals surface area contributed by atoms with Crippen molar-refractivity contribution in [1.82, 2.24) is 9.55 Å². The Morgan fingerprint density at radius 2 is 1.85 bits per heavy atom. The number of halogens is 1. The monoisotopic (exact) mass is 480 g/mol. The number of para-hydroxylation sites is 3. The van der Waals surface area contributed by atoms with Gasteiger partial charge in [-0.05, 0) is 42.8 Å². The molecule has 3 aromatic carbocycles. The summed E-state index contributed by atoms with van der Waals surface area (Å²) in [6.45, 7) is 1.80. The molecule has 1 aromatic heterocycles. The van der Waals surface area contributed by atoms with Crippen molar-refractivity contribution >= 4 is 51.5 Å². The molecule has 1 heterocycles. The molecule has 0 aliphatic heterocycles. The van der Waals surface area contributed by atoms with Crippen LogP contribution in [-0.4, -0.2) is 26.1 Å². The molecule has 0 atom stereocenters. The Hall–Kier alpha value is -3.69. The fraction of sp³-hybridized carbons (Fsp3) is 0.0870. The second-order valence-corrected chi connectivity index (χ2v) is 8.40. The zero-order valence-electron chi connectivity index (χ0n) is 17.3. The van der Waals surface area contributed by atoms with Crippen LogP contribution < -0.4 is 10.9 Å². The summed E-state index contributed by atoms with van der Waals surface area (Å²) in [6, 6.07) is 18.1. The number of rotatable bonds is 6. The zero-order valence-corrected chi connectivity index (χ0v) is 18.9. The predicted molar refractivity (Wildman–Crippen MR) is 130 cm³/mol. The van der Waals surface area contributed by atoms with Gasteiger partial charge in [0.15, 0.2) is 5.16 Å². The van der Waals surface area contributed by atoms with E-state index < -0.39 is 10.8 Å². The van der Waals surface area contributed by atoms with Crippen LogP contribution in [0.2, 0.25) is 5.02 Å². The summed E-state index contributed by atoms with van der Waals surface area (Å²) >= 11 is 7.34. The fourth-order valence-electron chi connectivity index (χ4n) is 3.31. The summed E-state index contributed by atoms with van der Waals surface area (Å²) in [5.74, 6) is -0.581. The third-order valence-electron chi connectivity index (χ3n) is 4.93. The smallest absolute Gasteiger partial charge is 0.292 e. The van der Waals surface area contributed by atoms with Crippen molar-refractivity contribution in [3.05, 3.63) is 97.8 Å². The number of carbonyl (C=O) groups is 1. The molecule has 0 radical (unpaired) electrons. The fourth-order valence-corrected chi connectivity index (χ4v) is 4.29. The van der Waals surface area contributed by atoms with E-state index in [0.717, 1.165) is 11.8 Å². The van der Waals surface area contributed by atoms with Crippen LogP contribution in [0.5, 0.6) is 0 Å². The van der Waals surface area contributed by atoms with E-state index >= 15 is 0 Å². The van der Waals surface area contributed by atoms with Crippen LogP contribution in [0.1, 0.15) is 5.56 Å². The van der Waals surface area contributed by atoms with Gasteiger partial charge in [-0.15, -0.1) is 0 Å². The highest BCUT2D eigenvalue weighted by Gasteiger charge is 2.19. The van der Waals surface area contributed by atoms with E-state index in [1.807, 2.05) is 0 Å². The van der Waals surface area contributed by atoms with Gasteiger partial charge in [0.25, 0.3) is 11.2 Å². The number of hydrogen-bond acceptors (Lipinski definition) is 6. The Balaban J connectivity index is 1.71. The van der Waals surface area contributed by atoms with Crippen LogP contribution in [0.4, 0.5) is 11.4 Å². The summed E-state index contributed by atoms with van der Waals surface area (Å²) in [6.07, 6.45) is 0. The van der Waals surface area contributed by atoms with Gasteiger partial charge >= 0.3 is 0 Å². The van der Waals surface area contributed by atoms with Gasteiger partial charge in [-0.3, -0.25) is 24.3 Å². The molecular formula is C23H17ClN4O4S. The topological polar surface area (TPSA) is 107 Å². The maximum absolute atomic E-state index is 13.4. The van der Waals surface area contributed by atoms with Gasteiger partial charge in [-0.25, -0.2) is 4.98 Å². The Morgan fingerprint density at radius 1 is 1.12 bits per heavy atom. The lowest BCUT2D eigenvalue weighted by molar-refractivity contribution is -0.383. The van der Waals surface area contributed by atoms with Gasteiger partial charge in [0, 0.05) is 11.1 Å². The second-order valence-electron chi connectivity index (χ2n) is 7.05. The molecule has 0 unspecified atom stereocenters. The minimum absolute atomic E-state index is 0.0997. The Bertz CT molecular complexity index is 1450. The van der Waals surface area contributed by atoms with E-state index in [1.54, 1.807) is 55.5 Å². The SMILES string of the molecule is Cc1c(Cl)cccc1-n1c(SCC(=O)Nc2ccccc2[N+](=O)[O-])nc2ccccc2c1=O. The predicted octanol–water partition coefficient (Wildman–Crippen LogP) is 4.99. The second kappa shape index (κ2) is 9.43. The summed E-state index contributed by atoms with van der Waals surface area (Å²) in [5.41, 5.74) is 1.37. The standard InChI is InChI=1S/C23H17ClN4O4S/c1-14-16(24)8-6-12-19(14)27-22(30)15-7-2-3-9-17(15)26-23(27)33-13-21(29)25-18-10-4-5-11-20(18)28(31)32/h2-12H,13H2,1H3,(H,25,29). The molecule has 1 amide bonds. The summed E-state index contributed by atoms with van der Waals surface area (Å²) in [7, 11) is 0. The number of thioether (sulfide) groups is 1. The maximum atomic E-state index is 13.4. The summed E-state index contributed by atoms with van der Waals surface area (Å²) < 4.78 is 1.44. The number of amides is 1. The van der Waals surface area contributed by atoms with Crippen LogP contribution in [0.3, 0.4) is 0 Å². The first-order valence-corrected chi connectivity index (χ1v) is 11.2. The number of aromatic nitrogens is 2. The molecule has 0 bridgehead atoms. The number of nitro groups is 1. The molecule has 0 aliphatic carbocycles. The lowest BCUT2D eigenvalue weighted by atomic mass is 10.2. The highest BCUT2D eigenvalue weighted by Crippen LogP contribution is 2.27. The molecule has 0 saturated carbocycles. The Labute approximate surface area is 197 Å². The van der Waals surface area contributed by atoms with E-state index in [-0.39, 0.29) is 22.7 Å². The van der Waals surface area contributed by atoms with Crippen molar-refractivity contribution in [2.75, 3.05) is 11.1 Å². The number of nitrogens with zero attached hydrogens (tertiary/aromatic N) is 3. The third kappa shape index (κ3) is 4.59. The summed E-state index contributed by atoms with van der Waals surface area (Å²) in [4.78, 5) is 41.2. The van der Waals surface area contributed by atoms with E-state index in [4.69, 9.17) is 11.6 Å².